The fourth-order valence-electron chi connectivity index (χ4n) is 3.10. The Kier molecular flexibility index (Phi) is 4.86. The Morgan fingerprint density at radius 3 is 2.61 bits per heavy atom. The van der Waals surface area contributed by atoms with Gasteiger partial charge in [-0.2, -0.15) is 5.11 Å². The maximum Gasteiger partial charge on any atom is 0.263 e. The van der Waals surface area contributed by atoms with E-state index in [1.165, 1.54) is 11.1 Å². The molecule has 0 bridgehead atoms. The number of benzene rings is 2. The largest absolute Gasteiger partial charge is 0.324 e. The molecule has 0 aliphatic carbocycles. The maximum absolute atomic E-state index is 12.9. The van der Waals surface area contributed by atoms with Crippen LogP contribution in [0.3, 0.4) is 0 Å². The second-order valence-corrected chi connectivity index (χ2v) is 7.59. The molecular formula is C18H13BrClN5O3. The Morgan fingerprint density at radius 2 is 1.89 bits per heavy atom. The van der Waals surface area contributed by atoms with Crippen LogP contribution in [-0.4, -0.2) is 41.4 Å². The van der Waals surface area contributed by atoms with Crippen LogP contribution in [0.25, 0.3) is 0 Å². The zero-order valence-corrected chi connectivity index (χ0v) is 16.6. The zero-order chi connectivity index (χ0) is 19.8. The highest BCUT2D eigenvalue weighted by molar-refractivity contribution is 9.10. The van der Waals surface area contributed by atoms with E-state index in [4.69, 9.17) is 11.6 Å². The van der Waals surface area contributed by atoms with Crippen molar-refractivity contribution in [3.8, 4) is 0 Å². The topological polar surface area (TPSA) is 94.4 Å². The number of imide groups is 1. The third-order valence-corrected chi connectivity index (χ3v) is 5.12. The molecule has 0 unspecified atom stereocenters. The molecule has 2 aliphatic heterocycles. The highest BCUT2D eigenvalue weighted by Crippen LogP contribution is 2.32. The summed E-state index contributed by atoms with van der Waals surface area (Å²) in [5.41, 5.74) is 0.974. The number of nitrogens with zero attached hydrogens (tertiary/aromatic N) is 4. The number of fused-ring (bicyclic) bond motifs is 1. The molecule has 2 aromatic rings. The van der Waals surface area contributed by atoms with Crippen LogP contribution in [0, 0.1) is 0 Å². The number of amides is 3. The van der Waals surface area contributed by atoms with Crippen LogP contribution < -0.4 is 10.2 Å². The number of hydrogen-bond donors (Lipinski definition) is 1. The van der Waals surface area contributed by atoms with Gasteiger partial charge in [-0.15, -0.1) is 0 Å². The molecule has 1 N–H and O–H groups in total. The van der Waals surface area contributed by atoms with Crippen LogP contribution >= 0.6 is 27.5 Å². The van der Waals surface area contributed by atoms with Gasteiger partial charge in [0.1, 0.15) is 6.54 Å². The van der Waals surface area contributed by atoms with Crippen molar-refractivity contribution in [2.24, 2.45) is 10.3 Å². The maximum atomic E-state index is 12.9. The van der Waals surface area contributed by atoms with Gasteiger partial charge in [-0.25, -0.2) is 4.90 Å². The molecule has 10 heteroatoms. The van der Waals surface area contributed by atoms with Crippen molar-refractivity contribution in [1.29, 1.82) is 0 Å². The summed E-state index contributed by atoms with van der Waals surface area (Å²) in [5, 5.41) is 12.1. The molecule has 142 valence electrons. The molecule has 0 aromatic heterocycles. The lowest BCUT2D eigenvalue weighted by molar-refractivity contribution is -0.123. The first-order valence-corrected chi connectivity index (χ1v) is 9.47. The summed E-state index contributed by atoms with van der Waals surface area (Å²) in [5.74, 6) is -1.35. The quantitative estimate of drug-likeness (QED) is 0.707. The van der Waals surface area contributed by atoms with E-state index in [-0.39, 0.29) is 12.5 Å². The number of anilines is 2. The third kappa shape index (κ3) is 3.38. The molecule has 0 radical (unpaired) electrons. The van der Waals surface area contributed by atoms with Crippen molar-refractivity contribution >= 4 is 56.6 Å². The molecule has 3 amide bonds. The third-order valence-electron chi connectivity index (χ3n) is 4.36. The van der Waals surface area contributed by atoms with Crippen molar-refractivity contribution in [3.05, 3.63) is 58.0 Å². The second kappa shape index (κ2) is 7.33. The van der Waals surface area contributed by atoms with Crippen molar-refractivity contribution in [2.75, 3.05) is 16.8 Å². The minimum Gasteiger partial charge on any atom is -0.324 e. The zero-order valence-electron chi connectivity index (χ0n) is 14.3. The smallest absolute Gasteiger partial charge is 0.263 e. The number of halogens is 2. The molecule has 28 heavy (non-hydrogen) atoms. The minimum atomic E-state index is -0.966. The second-order valence-electron chi connectivity index (χ2n) is 6.24. The van der Waals surface area contributed by atoms with Crippen LogP contribution in [0.4, 0.5) is 11.4 Å². The molecule has 1 fully saturated rings. The van der Waals surface area contributed by atoms with E-state index in [9.17, 15) is 14.4 Å². The number of carbonyl (C=O) groups excluding carboxylic acids is 3. The van der Waals surface area contributed by atoms with E-state index in [1.807, 2.05) is 0 Å². The van der Waals surface area contributed by atoms with Gasteiger partial charge in [-0.1, -0.05) is 38.8 Å². The Hall–Kier alpha value is -2.78. The van der Waals surface area contributed by atoms with Gasteiger partial charge >= 0.3 is 0 Å². The van der Waals surface area contributed by atoms with Gasteiger partial charge in [-0.3, -0.25) is 19.4 Å². The molecule has 2 atom stereocenters. The van der Waals surface area contributed by atoms with Gasteiger partial charge in [0.15, 0.2) is 12.1 Å². The van der Waals surface area contributed by atoms with E-state index in [1.54, 1.807) is 42.5 Å². The van der Waals surface area contributed by atoms with Crippen molar-refractivity contribution < 1.29 is 14.4 Å². The van der Waals surface area contributed by atoms with Crippen LogP contribution in [-0.2, 0) is 14.4 Å². The summed E-state index contributed by atoms with van der Waals surface area (Å²) in [6, 6.07) is 11.6. The number of hydrogen-bond acceptors (Lipinski definition) is 6. The van der Waals surface area contributed by atoms with Crippen molar-refractivity contribution in [2.45, 2.75) is 12.1 Å². The highest BCUT2D eigenvalue weighted by Gasteiger charge is 2.55. The molecule has 0 spiro atoms. The van der Waals surface area contributed by atoms with E-state index < -0.39 is 23.9 Å². The van der Waals surface area contributed by atoms with E-state index in [2.05, 4.69) is 31.6 Å². The number of rotatable bonds is 4. The standard InChI is InChI=1S/C18H13BrClN5O3/c19-10-4-6-12(7-5-10)21-14(26)9-24-16-15(22-23-24)17(27)25(18(16)28)13-3-1-2-11(20)8-13/h1-8,15-16H,9H2,(H,21,26)/t15-,16-/m1/s1. The predicted molar refractivity (Wildman–Crippen MR) is 106 cm³/mol. The molecule has 4 rings (SSSR count). The number of nitrogens with one attached hydrogen (secondary N) is 1. The van der Waals surface area contributed by atoms with Gasteiger partial charge in [0.2, 0.25) is 5.91 Å². The van der Waals surface area contributed by atoms with Gasteiger partial charge in [-0.05, 0) is 42.5 Å². The Bertz CT molecular complexity index is 997. The summed E-state index contributed by atoms with van der Waals surface area (Å²) in [6.45, 7) is -0.205. The first kappa shape index (κ1) is 18.6. The van der Waals surface area contributed by atoms with Crippen LogP contribution in [0.5, 0.6) is 0 Å². The normalized spacial score (nSPS) is 20.6. The fraction of sp³-hybridized carbons (Fsp3) is 0.167. The van der Waals surface area contributed by atoms with E-state index >= 15 is 0 Å². The average molecular weight is 463 g/mol. The Labute approximate surface area is 173 Å². The summed E-state index contributed by atoms with van der Waals surface area (Å²) < 4.78 is 0.887. The lowest BCUT2D eigenvalue weighted by Crippen LogP contribution is -2.43. The van der Waals surface area contributed by atoms with Crippen LogP contribution in [0.15, 0.2) is 63.3 Å². The molecule has 2 aliphatic rings. The summed E-state index contributed by atoms with van der Waals surface area (Å²) >= 11 is 9.29. The number of carbonyl (C=O) groups is 3. The molecule has 2 heterocycles. The summed E-state index contributed by atoms with van der Waals surface area (Å²) in [7, 11) is 0. The molecule has 0 saturated carbocycles. The van der Waals surface area contributed by atoms with Gasteiger partial charge < -0.3 is 5.32 Å². The average Bonchev–Trinajstić information content (AvgIpc) is 3.17. The predicted octanol–water partition coefficient (Wildman–Crippen LogP) is 3.03. The first-order chi connectivity index (χ1) is 13.4. The van der Waals surface area contributed by atoms with Gasteiger partial charge in [0, 0.05) is 15.2 Å². The lowest BCUT2D eigenvalue weighted by atomic mass is 10.1. The minimum absolute atomic E-state index is 0.205. The van der Waals surface area contributed by atoms with Gasteiger partial charge in [0.05, 0.1) is 5.69 Å². The van der Waals surface area contributed by atoms with Crippen molar-refractivity contribution in [1.82, 2.24) is 5.01 Å². The first-order valence-electron chi connectivity index (χ1n) is 8.30. The molecule has 1 saturated heterocycles. The fourth-order valence-corrected chi connectivity index (χ4v) is 3.55. The van der Waals surface area contributed by atoms with Gasteiger partial charge in [0.25, 0.3) is 11.8 Å². The van der Waals surface area contributed by atoms with Crippen LogP contribution in [0.1, 0.15) is 0 Å². The molecule has 8 nitrogen and oxygen atoms in total. The lowest BCUT2D eigenvalue weighted by Gasteiger charge is -2.20. The van der Waals surface area contributed by atoms with E-state index in [0.717, 1.165) is 9.37 Å². The highest BCUT2D eigenvalue weighted by atomic mass is 79.9. The summed E-state index contributed by atoms with van der Waals surface area (Å²) in [6.07, 6.45) is 0. The molecular weight excluding hydrogens is 450 g/mol. The Balaban J connectivity index is 1.49. The van der Waals surface area contributed by atoms with E-state index in [0.29, 0.717) is 16.4 Å². The van der Waals surface area contributed by atoms with Crippen molar-refractivity contribution in [3.63, 3.8) is 0 Å². The molecule has 2 aromatic carbocycles. The Morgan fingerprint density at radius 1 is 1.14 bits per heavy atom. The van der Waals surface area contributed by atoms with Crippen LogP contribution in [0.2, 0.25) is 5.02 Å². The monoisotopic (exact) mass is 461 g/mol. The summed E-state index contributed by atoms with van der Waals surface area (Å²) in [4.78, 5) is 38.9. The SMILES string of the molecule is O=C(CN1N=N[C@H]2C(=O)N(c3cccc(Cl)c3)C(=O)[C@@H]21)Nc1ccc(Br)cc1.